The zero-order valence-corrected chi connectivity index (χ0v) is 12.3. The number of hydrogen-bond donors (Lipinski definition) is 2. The lowest BCUT2D eigenvalue weighted by Crippen LogP contribution is -2.39. The highest BCUT2D eigenvalue weighted by atomic mass is 32.2. The Labute approximate surface area is 120 Å². The molecule has 110 valence electrons. The number of primary sulfonamides is 1. The van der Waals surface area contributed by atoms with Gasteiger partial charge in [0.2, 0.25) is 10.0 Å². The Bertz CT molecular complexity index is 578. The molecule has 1 aliphatic carbocycles. The summed E-state index contributed by atoms with van der Waals surface area (Å²) in [5, 5.41) is 8.83. The second-order valence-corrected chi connectivity index (χ2v) is 7.22. The molecule has 1 atom stereocenters. The highest BCUT2D eigenvalue weighted by Gasteiger charge is 2.33. The predicted molar refractivity (Wildman–Crippen MR) is 79.2 cm³/mol. The monoisotopic (exact) mass is 295 g/mol. The average Bonchev–Trinajstić information content (AvgIpc) is 3.12. The average molecular weight is 295 g/mol. The number of benzene rings is 1. The van der Waals surface area contributed by atoms with Crippen molar-refractivity contribution in [2.75, 3.05) is 18.0 Å². The molecule has 1 saturated heterocycles. The summed E-state index contributed by atoms with van der Waals surface area (Å²) < 4.78 is 23.5. The summed E-state index contributed by atoms with van der Waals surface area (Å²) in [5.74, 6) is 0. The summed E-state index contributed by atoms with van der Waals surface area (Å²) in [7, 11) is -3.68. The third-order valence-electron chi connectivity index (χ3n) is 4.05. The standard InChI is InChI=1S/C14H21N3O2S/c15-20(18,19)14-6-2-1-5-13(14)17(12-7-8-12)10-11-4-3-9-16-11/h1-2,5-6,11-12,16H,3-4,7-10H2,(H2,15,18,19). The largest absolute Gasteiger partial charge is 0.366 e. The third-order valence-corrected chi connectivity index (χ3v) is 5.01. The second-order valence-electron chi connectivity index (χ2n) is 5.69. The van der Waals surface area contributed by atoms with Gasteiger partial charge in [0.1, 0.15) is 4.90 Å². The van der Waals surface area contributed by atoms with E-state index >= 15 is 0 Å². The fraction of sp³-hybridized carbons (Fsp3) is 0.571. The van der Waals surface area contributed by atoms with E-state index in [4.69, 9.17) is 5.14 Å². The maximum Gasteiger partial charge on any atom is 0.240 e. The Hall–Kier alpha value is -1.11. The topological polar surface area (TPSA) is 75.4 Å². The zero-order valence-electron chi connectivity index (χ0n) is 11.5. The maximum absolute atomic E-state index is 11.8. The predicted octanol–water partition coefficient (Wildman–Crippen LogP) is 1.05. The summed E-state index contributed by atoms with van der Waals surface area (Å²) in [6.45, 7) is 1.91. The first kappa shape index (κ1) is 13.9. The molecule has 1 saturated carbocycles. The molecule has 0 aromatic heterocycles. The van der Waals surface area contributed by atoms with Gasteiger partial charge in [-0.1, -0.05) is 12.1 Å². The van der Waals surface area contributed by atoms with Gasteiger partial charge in [-0.2, -0.15) is 0 Å². The number of sulfonamides is 1. The molecule has 0 radical (unpaired) electrons. The summed E-state index contributed by atoms with van der Waals surface area (Å²) >= 11 is 0. The molecular weight excluding hydrogens is 274 g/mol. The van der Waals surface area contributed by atoms with Crippen molar-refractivity contribution in [3.8, 4) is 0 Å². The van der Waals surface area contributed by atoms with Crippen molar-refractivity contribution in [2.24, 2.45) is 5.14 Å². The minimum atomic E-state index is -3.68. The van der Waals surface area contributed by atoms with E-state index in [0.717, 1.165) is 38.0 Å². The van der Waals surface area contributed by atoms with Crippen LogP contribution in [0.25, 0.3) is 0 Å². The molecule has 0 amide bonds. The molecule has 2 fully saturated rings. The maximum atomic E-state index is 11.8. The van der Waals surface area contributed by atoms with Crippen LogP contribution in [0.15, 0.2) is 29.2 Å². The van der Waals surface area contributed by atoms with Crippen molar-refractivity contribution in [1.29, 1.82) is 0 Å². The van der Waals surface area contributed by atoms with Gasteiger partial charge in [0.25, 0.3) is 0 Å². The summed E-state index contributed by atoms with van der Waals surface area (Å²) in [6.07, 6.45) is 4.61. The molecule has 1 aromatic rings. The normalized spacial score (nSPS) is 22.9. The first-order chi connectivity index (χ1) is 9.55. The summed E-state index contributed by atoms with van der Waals surface area (Å²) in [6, 6.07) is 7.98. The number of rotatable bonds is 5. The summed E-state index contributed by atoms with van der Waals surface area (Å²) in [5.41, 5.74) is 0.756. The van der Waals surface area contributed by atoms with Crippen molar-refractivity contribution in [1.82, 2.24) is 5.32 Å². The molecule has 6 heteroatoms. The number of nitrogens with one attached hydrogen (secondary N) is 1. The third kappa shape index (κ3) is 2.97. The van der Waals surface area contributed by atoms with Crippen LogP contribution < -0.4 is 15.4 Å². The number of anilines is 1. The fourth-order valence-electron chi connectivity index (χ4n) is 2.92. The van der Waals surface area contributed by atoms with Gasteiger partial charge in [0.15, 0.2) is 0 Å². The highest BCUT2D eigenvalue weighted by Crippen LogP contribution is 2.35. The SMILES string of the molecule is NS(=O)(=O)c1ccccc1N(CC1CCCN1)C1CC1. The Balaban J connectivity index is 1.91. The smallest absolute Gasteiger partial charge is 0.240 e. The minimum absolute atomic E-state index is 0.241. The van der Waals surface area contributed by atoms with Crippen molar-refractivity contribution >= 4 is 15.7 Å². The van der Waals surface area contributed by atoms with Gasteiger partial charge in [0, 0.05) is 18.6 Å². The Kier molecular flexibility index (Phi) is 3.70. The van der Waals surface area contributed by atoms with Crippen LogP contribution >= 0.6 is 0 Å². The van der Waals surface area contributed by atoms with E-state index in [1.807, 2.05) is 12.1 Å². The summed E-state index contributed by atoms with van der Waals surface area (Å²) in [4.78, 5) is 2.47. The van der Waals surface area contributed by atoms with Crippen molar-refractivity contribution in [2.45, 2.75) is 42.7 Å². The van der Waals surface area contributed by atoms with Crippen LogP contribution in [-0.2, 0) is 10.0 Å². The van der Waals surface area contributed by atoms with E-state index in [2.05, 4.69) is 10.2 Å². The number of nitrogens with two attached hydrogens (primary N) is 1. The van der Waals surface area contributed by atoms with Gasteiger partial charge < -0.3 is 10.2 Å². The van der Waals surface area contributed by atoms with Crippen LogP contribution in [0.2, 0.25) is 0 Å². The lowest BCUT2D eigenvalue weighted by Gasteiger charge is -2.29. The van der Waals surface area contributed by atoms with Crippen LogP contribution in [0.3, 0.4) is 0 Å². The van der Waals surface area contributed by atoms with Crippen LogP contribution in [0.1, 0.15) is 25.7 Å². The molecule has 2 aliphatic rings. The van der Waals surface area contributed by atoms with Crippen molar-refractivity contribution < 1.29 is 8.42 Å². The van der Waals surface area contributed by atoms with Gasteiger partial charge in [-0.25, -0.2) is 13.6 Å². The van der Waals surface area contributed by atoms with E-state index in [9.17, 15) is 8.42 Å². The van der Waals surface area contributed by atoms with E-state index < -0.39 is 10.0 Å². The lowest BCUT2D eigenvalue weighted by atomic mass is 10.2. The lowest BCUT2D eigenvalue weighted by molar-refractivity contribution is 0.573. The number of para-hydroxylation sites is 1. The fourth-order valence-corrected chi connectivity index (χ4v) is 3.66. The molecule has 5 nitrogen and oxygen atoms in total. The molecule has 1 unspecified atom stereocenters. The first-order valence-electron chi connectivity index (χ1n) is 7.17. The van der Waals surface area contributed by atoms with Crippen LogP contribution in [0, 0.1) is 0 Å². The van der Waals surface area contributed by atoms with Gasteiger partial charge in [-0.05, 0) is 44.4 Å². The Morgan fingerprint density at radius 2 is 2.00 bits per heavy atom. The van der Waals surface area contributed by atoms with E-state index in [1.54, 1.807) is 12.1 Å². The molecule has 3 N–H and O–H groups in total. The quantitative estimate of drug-likeness (QED) is 0.851. The highest BCUT2D eigenvalue weighted by molar-refractivity contribution is 7.89. The minimum Gasteiger partial charge on any atom is -0.366 e. The van der Waals surface area contributed by atoms with E-state index in [-0.39, 0.29) is 4.90 Å². The molecule has 1 aliphatic heterocycles. The first-order valence-corrected chi connectivity index (χ1v) is 8.72. The van der Waals surface area contributed by atoms with Gasteiger partial charge in [0.05, 0.1) is 5.69 Å². The van der Waals surface area contributed by atoms with Crippen LogP contribution in [0.5, 0.6) is 0 Å². The van der Waals surface area contributed by atoms with Gasteiger partial charge in [-0.3, -0.25) is 0 Å². The van der Waals surface area contributed by atoms with Gasteiger partial charge >= 0.3 is 0 Å². The van der Waals surface area contributed by atoms with Crippen molar-refractivity contribution in [3.05, 3.63) is 24.3 Å². The van der Waals surface area contributed by atoms with Crippen LogP contribution in [-0.4, -0.2) is 33.6 Å². The molecular formula is C14H21N3O2S. The zero-order chi connectivity index (χ0) is 14.2. The molecule has 0 spiro atoms. The van der Waals surface area contributed by atoms with E-state index in [0.29, 0.717) is 12.1 Å². The molecule has 20 heavy (non-hydrogen) atoms. The van der Waals surface area contributed by atoms with Crippen molar-refractivity contribution in [3.63, 3.8) is 0 Å². The van der Waals surface area contributed by atoms with Crippen LogP contribution in [0.4, 0.5) is 5.69 Å². The molecule has 3 rings (SSSR count). The molecule has 1 aromatic carbocycles. The number of nitrogens with zero attached hydrogens (tertiary/aromatic N) is 1. The van der Waals surface area contributed by atoms with Gasteiger partial charge in [-0.15, -0.1) is 0 Å². The van der Waals surface area contributed by atoms with E-state index in [1.165, 1.54) is 6.42 Å². The Morgan fingerprint density at radius 1 is 1.25 bits per heavy atom. The molecule has 0 bridgehead atoms. The number of hydrogen-bond acceptors (Lipinski definition) is 4. The second kappa shape index (κ2) is 5.35. The Morgan fingerprint density at radius 3 is 2.60 bits per heavy atom. The molecule has 1 heterocycles.